The van der Waals surface area contributed by atoms with Crippen molar-refractivity contribution < 1.29 is 0 Å². The lowest BCUT2D eigenvalue weighted by Gasteiger charge is -2.05. The van der Waals surface area contributed by atoms with Crippen molar-refractivity contribution in [3.05, 3.63) is 59.7 Å². The van der Waals surface area contributed by atoms with Crippen LogP contribution >= 0.6 is 0 Å². The van der Waals surface area contributed by atoms with E-state index < -0.39 is 0 Å². The van der Waals surface area contributed by atoms with Crippen molar-refractivity contribution in [1.29, 1.82) is 0 Å². The molecule has 0 fully saturated rings. The molecular weight excluding hydrogens is 168 g/mol. The van der Waals surface area contributed by atoms with E-state index in [1.165, 1.54) is 24.0 Å². The van der Waals surface area contributed by atoms with E-state index in [0.29, 0.717) is 5.92 Å². The minimum Gasteiger partial charge on any atom is -0.0776 e. The minimum absolute atomic E-state index is 0.663. The monoisotopic (exact) mass is 184 g/mol. The van der Waals surface area contributed by atoms with Crippen molar-refractivity contribution in [3.63, 3.8) is 0 Å². The van der Waals surface area contributed by atoms with E-state index in [2.05, 4.69) is 55.5 Å². The maximum Gasteiger partial charge on any atom is -0.00441 e. The van der Waals surface area contributed by atoms with Crippen LogP contribution in [-0.2, 0) is 6.42 Å². The Morgan fingerprint density at radius 2 is 1.64 bits per heavy atom. The van der Waals surface area contributed by atoms with Gasteiger partial charge in [0, 0.05) is 0 Å². The summed E-state index contributed by atoms with van der Waals surface area (Å²) in [7, 11) is 0. The Kier molecular flexibility index (Phi) is 2.83. The molecule has 0 aliphatic heterocycles. The molecule has 0 N–H and O–H groups in total. The van der Waals surface area contributed by atoms with E-state index in [1.54, 1.807) is 0 Å². The Morgan fingerprint density at radius 1 is 1.00 bits per heavy atom. The summed E-state index contributed by atoms with van der Waals surface area (Å²) in [5.41, 5.74) is 2.79. The van der Waals surface area contributed by atoms with Crippen LogP contribution in [0.15, 0.2) is 48.6 Å². The molecule has 72 valence electrons. The summed E-state index contributed by atoms with van der Waals surface area (Å²) in [5, 5.41) is 0. The van der Waals surface area contributed by atoms with Gasteiger partial charge in [-0.25, -0.2) is 0 Å². The summed E-state index contributed by atoms with van der Waals surface area (Å²) in [5.74, 6) is 0.663. The van der Waals surface area contributed by atoms with Crippen molar-refractivity contribution in [3.8, 4) is 0 Å². The van der Waals surface area contributed by atoms with Gasteiger partial charge in [-0.05, 0) is 31.2 Å². The van der Waals surface area contributed by atoms with Crippen LogP contribution in [0.2, 0.25) is 0 Å². The molecule has 0 bridgehead atoms. The molecule has 0 atom stereocenters. The highest BCUT2D eigenvalue weighted by atomic mass is 14.1. The van der Waals surface area contributed by atoms with Crippen molar-refractivity contribution in [2.24, 2.45) is 5.92 Å². The number of rotatable bonds is 3. The molecule has 0 heteroatoms. The Labute approximate surface area is 86.0 Å². The molecule has 14 heavy (non-hydrogen) atoms. The first-order valence-electron chi connectivity index (χ1n) is 5.25. The van der Waals surface area contributed by atoms with E-state index in [0.717, 1.165) is 0 Å². The van der Waals surface area contributed by atoms with Gasteiger partial charge in [0.1, 0.15) is 0 Å². The first-order chi connectivity index (χ1) is 6.84. The summed E-state index contributed by atoms with van der Waals surface area (Å²) in [4.78, 5) is 0. The smallest absolute Gasteiger partial charge is 0.00441 e. The summed E-state index contributed by atoms with van der Waals surface area (Å²) in [6.07, 6.45) is 11.2. The fourth-order valence-electron chi connectivity index (χ4n) is 1.76. The topological polar surface area (TPSA) is 0 Å². The van der Waals surface area contributed by atoms with Crippen LogP contribution in [0.5, 0.6) is 0 Å². The third-order valence-electron chi connectivity index (χ3n) is 2.71. The number of hydrogen-bond donors (Lipinski definition) is 0. The third-order valence-corrected chi connectivity index (χ3v) is 2.71. The maximum absolute atomic E-state index is 2.27. The molecule has 1 aromatic rings. The van der Waals surface area contributed by atoms with Crippen molar-refractivity contribution in [2.75, 3.05) is 0 Å². The second kappa shape index (κ2) is 4.28. The zero-order chi connectivity index (χ0) is 9.80. The van der Waals surface area contributed by atoms with Crippen LogP contribution < -0.4 is 0 Å². The largest absolute Gasteiger partial charge is 0.0776 e. The van der Waals surface area contributed by atoms with Gasteiger partial charge >= 0.3 is 0 Å². The Morgan fingerprint density at radius 3 is 2.29 bits per heavy atom. The Bertz CT molecular complexity index is 329. The molecule has 1 aliphatic rings. The van der Waals surface area contributed by atoms with Gasteiger partial charge in [-0.2, -0.15) is 0 Å². The van der Waals surface area contributed by atoms with Crippen LogP contribution in [-0.4, -0.2) is 0 Å². The zero-order valence-electron chi connectivity index (χ0n) is 8.61. The maximum atomic E-state index is 2.27. The molecule has 0 heterocycles. The first-order valence-corrected chi connectivity index (χ1v) is 5.25. The predicted octanol–water partition coefficient (Wildman–Crippen LogP) is 3.67. The summed E-state index contributed by atoms with van der Waals surface area (Å²) in [6.45, 7) is 2.13. The molecule has 0 aromatic heterocycles. The third kappa shape index (κ3) is 2.35. The number of benzene rings is 1. The van der Waals surface area contributed by atoms with Gasteiger partial charge in [0.05, 0.1) is 0 Å². The minimum atomic E-state index is 0.663. The Balaban J connectivity index is 1.88. The number of aryl methyl sites for hydroxylation is 2. The lowest BCUT2D eigenvalue weighted by Crippen LogP contribution is -1.93. The molecule has 0 nitrogen and oxygen atoms in total. The first kappa shape index (κ1) is 9.26. The van der Waals surface area contributed by atoms with E-state index in [4.69, 9.17) is 0 Å². The van der Waals surface area contributed by atoms with Crippen molar-refractivity contribution >= 4 is 0 Å². The van der Waals surface area contributed by atoms with Gasteiger partial charge in [0.2, 0.25) is 0 Å². The predicted molar refractivity (Wildman–Crippen MR) is 61.3 cm³/mol. The zero-order valence-corrected chi connectivity index (χ0v) is 8.61. The summed E-state index contributed by atoms with van der Waals surface area (Å²) < 4.78 is 0. The SMILES string of the molecule is Cc1ccc(CCC2C=CC=C2)cc1. The molecule has 1 aromatic carbocycles. The summed E-state index contributed by atoms with van der Waals surface area (Å²) in [6, 6.07) is 8.85. The second-order valence-corrected chi connectivity index (χ2v) is 3.96. The van der Waals surface area contributed by atoms with Gasteiger partial charge in [-0.15, -0.1) is 0 Å². The van der Waals surface area contributed by atoms with Crippen LogP contribution in [0.1, 0.15) is 17.5 Å². The number of hydrogen-bond acceptors (Lipinski definition) is 0. The van der Waals surface area contributed by atoms with Crippen molar-refractivity contribution in [2.45, 2.75) is 19.8 Å². The normalized spacial score (nSPS) is 15.2. The highest BCUT2D eigenvalue weighted by Crippen LogP contribution is 2.16. The van der Waals surface area contributed by atoms with Crippen LogP contribution in [0.3, 0.4) is 0 Å². The van der Waals surface area contributed by atoms with Gasteiger partial charge in [0.25, 0.3) is 0 Å². The molecule has 1 aliphatic carbocycles. The summed E-state index contributed by atoms with van der Waals surface area (Å²) >= 11 is 0. The molecule has 2 rings (SSSR count). The van der Waals surface area contributed by atoms with Crippen LogP contribution in [0, 0.1) is 12.8 Å². The fraction of sp³-hybridized carbons (Fsp3) is 0.286. The average Bonchev–Trinajstić information content (AvgIpc) is 2.70. The van der Waals surface area contributed by atoms with E-state index >= 15 is 0 Å². The molecule has 0 unspecified atom stereocenters. The van der Waals surface area contributed by atoms with Gasteiger partial charge in [-0.1, -0.05) is 54.1 Å². The molecule has 0 saturated carbocycles. The molecule has 0 radical (unpaired) electrons. The quantitative estimate of drug-likeness (QED) is 0.672. The fourth-order valence-corrected chi connectivity index (χ4v) is 1.76. The Hall–Kier alpha value is -1.30. The highest BCUT2D eigenvalue weighted by Gasteiger charge is 2.03. The van der Waals surface area contributed by atoms with Crippen molar-refractivity contribution in [1.82, 2.24) is 0 Å². The molecule has 0 amide bonds. The second-order valence-electron chi connectivity index (χ2n) is 3.96. The van der Waals surface area contributed by atoms with Gasteiger partial charge in [-0.3, -0.25) is 0 Å². The van der Waals surface area contributed by atoms with E-state index in [-0.39, 0.29) is 0 Å². The van der Waals surface area contributed by atoms with Gasteiger partial charge < -0.3 is 0 Å². The van der Waals surface area contributed by atoms with E-state index in [1.807, 2.05) is 0 Å². The standard InChI is InChI=1S/C14H16/c1-12-6-8-14(9-7-12)11-10-13-4-2-3-5-13/h2-9,13H,10-11H2,1H3. The number of allylic oxidation sites excluding steroid dienone is 4. The molecular formula is C14H16. The van der Waals surface area contributed by atoms with Crippen LogP contribution in [0.4, 0.5) is 0 Å². The van der Waals surface area contributed by atoms with Gasteiger partial charge in [0.15, 0.2) is 0 Å². The lowest BCUT2D eigenvalue weighted by atomic mass is 10.0. The highest BCUT2D eigenvalue weighted by molar-refractivity contribution is 5.23. The molecule has 0 spiro atoms. The van der Waals surface area contributed by atoms with Crippen LogP contribution in [0.25, 0.3) is 0 Å². The lowest BCUT2D eigenvalue weighted by molar-refractivity contribution is 0.715. The molecule has 0 saturated heterocycles. The average molecular weight is 184 g/mol. The van der Waals surface area contributed by atoms with E-state index in [9.17, 15) is 0 Å².